The van der Waals surface area contributed by atoms with Crippen molar-refractivity contribution < 1.29 is 27.1 Å². The number of carbonyl (C=O) groups excluding carboxylic acids is 1. The van der Waals surface area contributed by atoms with Gasteiger partial charge >= 0.3 is 6.01 Å². The fraction of sp³-hybridized carbons (Fsp3) is 0.459. The Balaban J connectivity index is 1.26. The number of pyridine rings is 1. The summed E-state index contributed by atoms with van der Waals surface area (Å²) in [6, 6.07) is 7.06. The van der Waals surface area contributed by atoms with E-state index in [2.05, 4.69) is 14.9 Å². The molecule has 13 heteroatoms. The highest BCUT2D eigenvalue weighted by Crippen LogP contribution is 2.41. The summed E-state index contributed by atoms with van der Waals surface area (Å²) in [5, 5.41) is 0.598. The minimum Gasteiger partial charge on any atom is -0.461 e. The number of ether oxygens (including phenoxy) is 1. The molecule has 0 unspecified atom stereocenters. The van der Waals surface area contributed by atoms with Gasteiger partial charge in [0.25, 0.3) is 0 Å². The van der Waals surface area contributed by atoms with Crippen molar-refractivity contribution in [1.82, 2.24) is 29.7 Å². The first-order valence-corrected chi connectivity index (χ1v) is 17.1. The highest BCUT2D eigenvalue weighted by atomic mass is 19.2. The summed E-state index contributed by atoms with van der Waals surface area (Å²) in [7, 11) is 5.71. The third-order valence-electron chi connectivity index (χ3n) is 10.8. The van der Waals surface area contributed by atoms with Crippen LogP contribution in [0.5, 0.6) is 6.01 Å². The van der Waals surface area contributed by atoms with Gasteiger partial charge in [0, 0.05) is 68.4 Å². The number of likely N-dealkylation sites (tertiary alicyclic amines) is 1. The van der Waals surface area contributed by atoms with Crippen LogP contribution >= 0.6 is 0 Å². The summed E-state index contributed by atoms with van der Waals surface area (Å²) in [6.07, 6.45) is 6.62. The van der Waals surface area contributed by atoms with Gasteiger partial charge in [-0.3, -0.25) is 14.7 Å². The molecule has 1 amide bonds. The van der Waals surface area contributed by atoms with Crippen molar-refractivity contribution in [2.24, 2.45) is 0 Å². The molecule has 0 spiro atoms. The molecule has 4 aromatic rings. The fourth-order valence-corrected chi connectivity index (χ4v) is 7.63. The molecule has 9 nitrogen and oxygen atoms in total. The number of anilines is 1. The molecule has 264 valence electrons. The summed E-state index contributed by atoms with van der Waals surface area (Å²) in [5.41, 5.74) is -0.700. The summed E-state index contributed by atoms with van der Waals surface area (Å²) in [4.78, 5) is 34.5. The van der Waals surface area contributed by atoms with Gasteiger partial charge in [-0.15, -0.1) is 0 Å². The molecule has 0 aliphatic carbocycles. The lowest BCUT2D eigenvalue weighted by atomic mass is 9.95. The number of nitrogens with zero attached hydrogens (tertiary/aromatic N) is 7. The minimum absolute atomic E-state index is 0.0805. The second-order valence-electron chi connectivity index (χ2n) is 14.0. The quantitative estimate of drug-likeness (QED) is 0.162. The van der Waals surface area contributed by atoms with Crippen molar-refractivity contribution >= 4 is 33.4 Å². The van der Waals surface area contributed by atoms with E-state index in [9.17, 15) is 13.6 Å². The molecule has 50 heavy (non-hydrogen) atoms. The van der Waals surface area contributed by atoms with Gasteiger partial charge < -0.3 is 19.4 Å². The smallest absolute Gasteiger partial charge is 0.319 e. The molecule has 7 rings (SSSR count). The Morgan fingerprint density at radius 2 is 1.92 bits per heavy atom. The van der Waals surface area contributed by atoms with E-state index >= 15 is 8.78 Å². The predicted molar refractivity (Wildman–Crippen MR) is 184 cm³/mol. The van der Waals surface area contributed by atoms with E-state index in [1.54, 1.807) is 23.1 Å². The normalized spacial score (nSPS) is 23.1. The SMILES string of the molecule is C[C@H](/C=C/C(=O)N1CC[C@@H](N(C)c2nc(OC[C@@]34CCCN3C[C@H](F)C4)nc3c(F)c(-c4cccc5ccc(F)c(F)c45)ncc23)C1)N(C)C. The number of hydrogen-bond acceptors (Lipinski definition) is 8. The summed E-state index contributed by atoms with van der Waals surface area (Å²) in [5.74, 6) is -2.73. The van der Waals surface area contributed by atoms with E-state index in [1.165, 1.54) is 18.3 Å². The second kappa shape index (κ2) is 13.4. The number of rotatable bonds is 9. The Morgan fingerprint density at radius 3 is 2.72 bits per heavy atom. The number of hydrogen-bond donors (Lipinski definition) is 0. The number of amides is 1. The summed E-state index contributed by atoms with van der Waals surface area (Å²) in [6.45, 7) is 4.22. The van der Waals surface area contributed by atoms with Crippen LogP contribution in [-0.4, -0.2) is 113 Å². The van der Waals surface area contributed by atoms with Gasteiger partial charge in [-0.25, -0.2) is 17.6 Å². The lowest BCUT2D eigenvalue weighted by Crippen LogP contribution is -2.43. The summed E-state index contributed by atoms with van der Waals surface area (Å²) < 4.78 is 67.0. The van der Waals surface area contributed by atoms with Gasteiger partial charge in [-0.05, 0) is 58.3 Å². The van der Waals surface area contributed by atoms with Gasteiger partial charge in [-0.1, -0.05) is 30.3 Å². The van der Waals surface area contributed by atoms with E-state index < -0.39 is 29.2 Å². The van der Waals surface area contributed by atoms with Crippen LogP contribution in [0, 0.1) is 17.5 Å². The van der Waals surface area contributed by atoms with Crippen molar-refractivity contribution in [1.29, 1.82) is 0 Å². The monoisotopic (exact) mass is 691 g/mol. The average molecular weight is 692 g/mol. The molecule has 3 aliphatic heterocycles. The van der Waals surface area contributed by atoms with Crippen LogP contribution in [0.3, 0.4) is 0 Å². The standard InChI is InChI=1S/C37H41F4N7O2/c1-22(45(2)3)9-12-29(49)47-16-13-25(20-47)46(4)35-27-18-42-33(26-8-5-7-23-10-11-28(39)31(40)30(23)26)32(41)34(27)43-36(44-35)50-21-37-14-6-15-48(37)19-24(38)17-37/h5,7-12,18,22,24-25H,6,13-17,19-21H2,1-4H3/b12-9+/t22-,24-,25-,37+/m1/s1. The van der Waals surface area contributed by atoms with Crippen LogP contribution in [0.25, 0.3) is 32.9 Å². The predicted octanol–water partition coefficient (Wildman–Crippen LogP) is 5.76. The van der Waals surface area contributed by atoms with Crippen molar-refractivity contribution in [2.75, 3.05) is 58.8 Å². The number of benzene rings is 2. The lowest BCUT2D eigenvalue weighted by Gasteiger charge is -2.31. The van der Waals surface area contributed by atoms with Crippen molar-refractivity contribution in [2.45, 2.75) is 56.4 Å². The van der Waals surface area contributed by atoms with E-state index in [0.29, 0.717) is 49.1 Å². The van der Waals surface area contributed by atoms with Gasteiger partial charge in [0.15, 0.2) is 17.5 Å². The third-order valence-corrected chi connectivity index (χ3v) is 10.8. The maximum atomic E-state index is 16.7. The van der Waals surface area contributed by atoms with Crippen LogP contribution in [0.1, 0.15) is 32.6 Å². The van der Waals surface area contributed by atoms with Gasteiger partial charge in [0.1, 0.15) is 29.8 Å². The highest BCUT2D eigenvalue weighted by molar-refractivity contribution is 5.99. The third kappa shape index (κ3) is 6.14. The van der Waals surface area contributed by atoms with Crippen LogP contribution in [0.15, 0.2) is 48.7 Å². The maximum absolute atomic E-state index is 16.7. The molecule has 0 N–H and O–H groups in total. The molecule has 0 radical (unpaired) electrons. The van der Waals surface area contributed by atoms with Gasteiger partial charge in [0.2, 0.25) is 5.91 Å². The molecule has 3 saturated heterocycles. The molecular formula is C37H41F4N7O2. The zero-order valence-corrected chi connectivity index (χ0v) is 28.7. The molecule has 2 aromatic carbocycles. The molecule has 5 heterocycles. The molecule has 2 aromatic heterocycles. The average Bonchev–Trinajstić information content (AvgIpc) is 3.82. The number of carbonyl (C=O) groups is 1. The first kappa shape index (κ1) is 34.1. The van der Waals surface area contributed by atoms with Crippen LogP contribution in [-0.2, 0) is 4.79 Å². The van der Waals surface area contributed by atoms with Crippen molar-refractivity contribution in [3.05, 3.63) is 66.1 Å². The Bertz CT molecular complexity index is 1980. The van der Waals surface area contributed by atoms with Crippen LogP contribution in [0.2, 0.25) is 0 Å². The minimum atomic E-state index is -1.10. The first-order chi connectivity index (χ1) is 24.0. The zero-order valence-electron chi connectivity index (χ0n) is 28.7. The highest BCUT2D eigenvalue weighted by Gasteiger charge is 2.49. The molecule has 0 bridgehead atoms. The number of aromatic nitrogens is 3. The topological polar surface area (TPSA) is 77.9 Å². The fourth-order valence-electron chi connectivity index (χ4n) is 7.63. The number of likely N-dealkylation sites (N-methyl/N-ethyl adjacent to an activating group) is 2. The molecule has 3 fully saturated rings. The number of halogens is 4. The Hall–Kier alpha value is -4.36. The molecule has 0 saturated carbocycles. The molecule has 3 aliphatic rings. The molecular weight excluding hydrogens is 650 g/mol. The number of fused-ring (bicyclic) bond motifs is 3. The number of alkyl halides is 1. The second-order valence-corrected chi connectivity index (χ2v) is 14.0. The van der Waals surface area contributed by atoms with Crippen LogP contribution < -0.4 is 9.64 Å². The Morgan fingerprint density at radius 1 is 1.10 bits per heavy atom. The van der Waals surface area contributed by atoms with Gasteiger partial charge in [-0.2, -0.15) is 9.97 Å². The van der Waals surface area contributed by atoms with Crippen molar-refractivity contribution in [3.63, 3.8) is 0 Å². The largest absolute Gasteiger partial charge is 0.461 e. The van der Waals surface area contributed by atoms with E-state index in [1.807, 2.05) is 43.9 Å². The van der Waals surface area contributed by atoms with Crippen molar-refractivity contribution in [3.8, 4) is 17.3 Å². The van der Waals surface area contributed by atoms with Gasteiger partial charge in [0.05, 0.1) is 10.9 Å². The Labute approximate surface area is 288 Å². The first-order valence-electron chi connectivity index (χ1n) is 17.1. The summed E-state index contributed by atoms with van der Waals surface area (Å²) >= 11 is 0. The van der Waals surface area contributed by atoms with E-state index in [4.69, 9.17) is 9.72 Å². The maximum Gasteiger partial charge on any atom is 0.319 e. The Kier molecular flexibility index (Phi) is 9.14. The van der Waals surface area contributed by atoms with E-state index in [0.717, 1.165) is 25.5 Å². The van der Waals surface area contributed by atoms with E-state index in [-0.39, 0.29) is 52.8 Å². The van der Waals surface area contributed by atoms with Crippen LogP contribution in [0.4, 0.5) is 23.4 Å². The zero-order chi connectivity index (χ0) is 35.3. The molecule has 4 atom stereocenters. The lowest BCUT2D eigenvalue weighted by molar-refractivity contribution is -0.125.